The molecule has 1 aliphatic rings. The Morgan fingerprint density at radius 1 is 1.20 bits per heavy atom. The summed E-state index contributed by atoms with van der Waals surface area (Å²) < 4.78 is 10.4. The van der Waals surface area contributed by atoms with Crippen molar-refractivity contribution in [3.05, 3.63) is 0 Å². The molecule has 0 aromatic carbocycles. The molecule has 0 aromatic heterocycles. The van der Waals surface area contributed by atoms with Crippen molar-refractivity contribution in [2.75, 3.05) is 53.1 Å². The molecule has 0 radical (unpaired) electrons. The molecule has 0 spiro atoms. The van der Waals surface area contributed by atoms with E-state index >= 15 is 0 Å². The van der Waals surface area contributed by atoms with Crippen LogP contribution in [0.2, 0.25) is 0 Å². The van der Waals surface area contributed by atoms with Crippen molar-refractivity contribution in [2.24, 2.45) is 5.92 Å². The van der Waals surface area contributed by atoms with Gasteiger partial charge in [0.1, 0.15) is 0 Å². The van der Waals surface area contributed by atoms with Crippen LogP contribution in [-0.2, 0) is 9.47 Å². The van der Waals surface area contributed by atoms with Gasteiger partial charge >= 0.3 is 0 Å². The average molecular weight is 286 g/mol. The van der Waals surface area contributed by atoms with Crippen molar-refractivity contribution >= 4 is 0 Å². The van der Waals surface area contributed by atoms with Crippen LogP contribution < -0.4 is 5.32 Å². The molecule has 0 aromatic rings. The van der Waals surface area contributed by atoms with E-state index in [1.54, 1.807) is 7.11 Å². The second kappa shape index (κ2) is 11.5. The van der Waals surface area contributed by atoms with Gasteiger partial charge in [0.05, 0.1) is 13.2 Å². The van der Waals surface area contributed by atoms with Gasteiger partial charge in [-0.05, 0) is 64.7 Å². The number of methoxy groups -OCH3 is 1. The van der Waals surface area contributed by atoms with Crippen LogP contribution in [0.25, 0.3) is 0 Å². The Bertz CT molecular complexity index is 219. The van der Waals surface area contributed by atoms with Crippen LogP contribution >= 0.6 is 0 Å². The minimum absolute atomic E-state index is 0.637. The predicted molar refractivity (Wildman–Crippen MR) is 84.2 cm³/mol. The quantitative estimate of drug-likeness (QED) is 0.590. The maximum Gasteiger partial charge on any atom is 0.0700 e. The summed E-state index contributed by atoms with van der Waals surface area (Å²) in [7, 11) is 1.71. The molecular weight excluding hydrogens is 252 g/mol. The lowest BCUT2D eigenvalue weighted by molar-refractivity contribution is 0.0688. The standard InChI is InChI=1S/C16H34N2O2/c1-4-9-18-10-6-16(7-11-18)15(2)17-8-5-12-20-14-13-19-3/h15-17H,4-14H2,1-3H3. The van der Waals surface area contributed by atoms with E-state index in [2.05, 4.69) is 24.1 Å². The molecule has 1 aliphatic heterocycles. The summed E-state index contributed by atoms with van der Waals surface area (Å²) in [6.45, 7) is 11.7. The van der Waals surface area contributed by atoms with Gasteiger partial charge in [-0.3, -0.25) is 0 Å². The lowest BCUT2D eigenvalue weighted by Crippen LogP contribution is -2.42. The highest BCUT2D eigenvalue weighted by molar-refractivity contribution is 4.79. The molecule has 1 N–H and O–H groups in total. The molecule has 1 saturated heterocycles. The average Bonchev–Trinajstić information content (AvgIpc) is 2.47. The summed E-state index contributed by atoms with van der Waals surface area (Å²) >= 11 is 0. The Kier molecular flexibility index (Phi) is 10.3. The minimum atomic E-state index is 0.637. The number of hydrogen-bond acceptors (Lipinski definition) is 4. The highest BCUT2D eigenvalue weighted by atomic mass is 16.5. The topological polar surface area (TPSA) is 33.7 Å². The van der Waals surface area contributed by atoms with E-state index in [4.69, 9.17) is 9.47 Å². The van der Waals surface area contributed by atoms with Gasteiger partial charge in [-0.2, -0.15) is 0 Å². The monoisotopic (exact) mass is 286 g/mol. The van der Waals surface area contributed by atoms with Gasteiger partial charge in [0, 0.05) is 19.8 Å². The van der Waals surface area contributed by atoms with Crippen molar-refractivity contribution in [1.29, 1.82) is 0 Å². The first-order valence-corrected chi connectivity index (χ1v) is 8.30. The molecule has 1 atom stereocenters. The molecule has 0 amide bonds. The van der Waals surface area contributed by atoms with Gasteiger partial charge < -0.3 is 19.7 Å². The largest absolute Gasteiger partial charge is 0.382 e. The van der Waals surface area contributed by atoms with Crippen molar-refractivity contribution in [3.63, 3.8) is 0 Å². The van der Waals surface area contributed by atoms with Crippen molar-refractivity contribution in [2.45, 2.75) is 45.6 Å². The van der Waals surface area contributed by atoms with E-state index in [9.17, 15) is 0 Å². The van der Waals surface area contributed by atoms with E-state index in [1.165, 1.54) is 38.9 Å². The fourth-order valence-electron chi connectivity index (χ4n) is 2.91. The first kappa shape index (κ1) is 17.9. The predicted octanol–water partition coefficient (Wildman–Crippen LogP) is 2.14. The summed E-state index contributed by atoms with van der Waals surface area (Å²) in [6, 6.07) is 0.637. The summed E-state index contributed by atoms with van der Waals surface area (Å²) in [5, 5.41) is 3.66. The van der Waals surface area contributed by atoms with Gasteiger partial charge in [-0.15, -0.1) is 0 Å². The third-order valence-corrected chi connectivity index (χ3v) is 4.24. The molecule has 0 aliphatic carbocycles. The molecular formula is C16H34N2O2. The molecule has 1 heterocycles. The molecule has 1 rings (SSSR count). The number of hydrogen-bond donors (Lipinski definition) is 1. The Balaban J connectivity index is 1.98. The molecule has 1 fully saturated rings. The van der Waals surface area contributed by atoms with Gasteiger partial charge in [0.25, 0.3) is 0 Å². The maximum absolute atomic E-state index is 5.47. The van der Waals surface area contributed by atoms with Crippen LogP contribution in [0.4, 0.5) is 0 Å². The van der Waals surface area contributed by atoms with Crippen molar-refractivity contribution < 1.29 is 9.47 Å². The highest BCUT2D eigenvalue weighted by Crippen LogP contribution is 2.20. The van der Waals surface area contributed by atoms with E-state index in [0.717, 1.165) is 25.5 Å². The summed E-state index contributed by atoms with van der Waals surface area (Å²) in [6.07, 6.45) is 5.06. The number of ether oxygens (including phenoxy) is 2. The Morgan fingerprint density at radius 2 is 1.95 bits per heavy atom. The second-order valence-corrected chi connectivity index (χ2v) is 5.88. The first-order valence-electron chi connectivity index (χ1n) is 8.30. The van der Waals surface area contributed by atoms with Gasteiger partial charge in [0.2, 0.25) is 0 Å². The fourth-order valence-corrected chi connectivity index (χ4v) is 2.91. The molecule has 4 nitrogen and oxygen atoms in total. The zero-order valence-electron chi connectivity index (χ0n) is 13.7. The molecule has 20 heavy (non-hydrogen) atoms. The molecule has 1 unspecified atom stereocenters. The zero-order valence-corrected chi connectivity index (χ0v) is 13.7. The number of rotatable bonds is 11. The zero-order chi connectivity index (χ0) is 14.6. The van der Waals surface area contributed by atoms with E-state index < -0.39 is 0 Å². The van der Waals surface area contributed by atoms with E-state index in [0.29, 0.717) is 19.3 Å². The summed E-state index contributed by atoms with van der Waals surface area (Å²) in [5.74, 6) is 0.845. The van der Waals surface area contributed by atoms with Crippen LogP contribution in [-0.4, -0.2) is 64.1 Å². The van der Waals surface area contributed by atoms with Crippen LogP contribution in [0.3, 0.4) is 0 Å². The van der Waals surface area contributed by atoms with Crippen molar-refractivity contribution in [1.82, 2.24) is 10.2 Å². The van der Waals surface area contributed by atoms with Crippen LogP contribution in [0.15, 0.2) is 0 Å². The van der Waals surface area contributed by atoms with Crippen LogP contribution in [0.1, 0.15) is 39.5 Å². The molecule has 0 bridgehead atoms. The normalized spacial score (nSPS) is 19.4. The maximum atomic E-state index is 5.47. The Hall–Kier alpha value is -0.160. The first-order chi connectivity index (χ1) is 9.77. The summed E-state index contributed by atoms with van der Waals surface area (Å²) in [5.41, 5.74) is 0. The van der Waals surface area contributed by atoms with Gasteiger partial charge in [-0.25, -0.2) is 0 Å². The van der Waals surface area contributed by atoms with Crippen molar-refractivity contribution in [3.8, 4) is 0 Å². The Labute approximate surface area is 125 Å². The third-order valence-electron chi connectivity index (χ3n) is 4.24. The van der Waals surface area contributed by atoms with E-state index in [-0.39, 0.29) is 0 Å². The van der Waals surface area contributed by atoms with Crippen LogP contribution in [0, 0.1) is 5.92 Å². The number of piperidine rings is 1. The number of likely N-dealkylation sites (tertiary alicyclic amines) is 1. The van der Waals surface area contributed by atoms with Crippen LogP contribution in [0.5, 0.6) is 0 Å². The van der Waals surface area contributed by atoms with Gasteiger partial charge in [-0.1, -0.05) is 6.92 Å². The molecule has 0 saturated carbocycles. The second-order valence-electron chi connectivity index (χ2n) is 5.88. The molecule has 120 valence electrons. The minimum Gasteiger partial charge on any atom is -0.382 e. The fraction of sp³-hybridized carbons (Fsp3) is 1.00. The SMILES string of the molecule is CCCN1CCC(C(C)NCCCOCCOC)CC1. The Morgan fingerprint density at radius 3 is 2.60 bits per heavy atom. The number of nitrogens with zero attached hydrogens (tertiary/aromatic N) is 1. The molecule has 4 heteroatoms. The summed E-state index contributed by atoms with van der Waals surface area (Å²) in [4.78, 5) is 2.60. The van der Waals surface area contributed by atoms with Gasteiger partial charge in [0.15, 0.2) is 0 Å². The third kappa shape index (κ3) is 7.58. The number of nitrogens with one attached hydrogen (secondary N) is 1. The highest BCUT2D eigenvalue weighted by Gasteiger charge is 2.22. The lowest BCUT2D eigenvalue weighted by Gasteiger charge is -2.35. The lowest BCUT2D eigenvalue weighted by atomic mass is 9.90. The smallest absolute Gasteiger partial charge is 0.0700 e. The van der Waals surface area contributed by atoms with E-state index in [1.807, 2.05) is 0 Å².